The third-order valence-corrected chi connectivity index (χ3v) is 5.91. The number of ketones is 1. The standard InChI is InChI=1S/C25H21ClN2O3/c1-2-25(20-12-14-21(26)15-13-20)23(30)28(24(31)27-25)16-22(29)19-10-8-18(9-11-19)17-6-4-3-5-7-17/h3-15H,2,16H2,1H3,(H,27,31). The number of urea groups is 1. The highest BCUT2D eigenvalue weighted by Gasteiger charge is 2.51. The Morgan fingerprint density at radius 1 is 0.903 bits per heavy atom. The second kappa shape index (κ2) is 8.36. The molecule has 1 N–H and O–H groups in total. The van der Waals surface area contributed by atoms with Crippen LogP contribution in [0.1, 0.15) is 29.3 Å². The summed E-state index contributed by atoms with van der Waals surface area (Å²) >= 11 is 5.96. The number of imide groups is 1. The van der Waals surface area contributed by atoms with Gasteiger partial charge in [-0.25, -0.2) is 4.79 Å². The summed E-state index contributed by atoms with van der Waals surface area (Å²) in [5.41, 5.74) is 1.92. The highest BCUT2D eigenvalue weighted by Crippen LogP contribution is 2.33. The van der Waals surface area contributed by atoms with Gasteiger partial charge in [0.25, 0.3) is 5.91 Å². The number of carbonyl (C=O) groups is 3. The first-order chi connectivity index (χ1) is 14.9. The van der Waals surface area contributed by atoms with Crippen molar-refractivity contribution >= 4 is 29.3 Å². The van der Waals surface area contributed by atoms with E-state index >= 15 is 0 Å². The summed E-state index contributed by atoms with van der Waals surface area (Å²) < 4.78 is 0. The number of rotatable bonds is 6. The molecule has 6 heteroatoms. The van der Waals surface area contributed by atoms with E-state index in [0.29, 0.717) is 22.6 Å². The lowest BCUT2D eigenvalue weighted by Gasteiger charge is -2.25. The lowest BCUT2D eigenvalue weighted by atomic mass is 9.87. The molecule has 3 aromatic carbocycles. The van der Waals surface area contributed by atoms with Crippen molar-refractivity contribution in [2.24, 2.45) is 0 Å². The molecule has 0 aliphatic carbocycles. The average Bonchev–Trinajstić information content (AvgIpc) is 3.05. The third kappa shape index (κ3) is 3.84. The molecule has 1 unspecified atom stereocenters. The minimum absolute atomic E-state index is 0.300. The molecule has 0 spiro atoms. The molecule has 156 valence electrons. The Hall–Kier alpha value is -3.44. The predicted molar refractivity (Wildman–Crippen MR) is 120 cm³/mol. The average molecular weight is 433 g/mol. The molecule has 1 heterocycles. The first-order valence-electron chi connectivity index (χ1n) is 10.0. The molecular formula is C25H21ClN2O3. The highest BCUT2D eigenvalue weighted by atomic mass is 35.5. The maximum atomic E-state index is 13.2. The molecule has 0 bridgehead atoms. The van der Waals surface area contributed by atoms with Crippen LogP contribution in [0.15, 0.2) is 78.9 Å². The van der Waals surface area contributed by atoms with Gasteiger partial charge in [-0.2, -0.15) is 0 Å². The highest BCUT2D eigenvalue weighted by molar-refractivity contribution is 6.30. The number of benzene rings is 3. The smallest absolute Gasteiger partial charge is 0.319 e. The van der Waals surface area contributed by atoms with E-state index in [-0.39, 0.29) is 12.3 Å². The number of nitrogens with zero attached hydrogens (tertiary/aromatic N) is 1. The van der Waals surface area contributed by atoms with Crippen LogP contribution in [0.5, 0.6) is 0 Å². The molecule has 1 fully saturated rings. The quantitative estimate of drug-likeness (QED) is 0.438. The Bertz CT molecular complexity index is 1130. The summed E-state index contributed by atoms with van der Waals surface area (Å²) in [5, 5.41) is 3.32. The molecule has 0 radical (unpaired) electrons. The number of hydrogen-bond acceptors (Lipinski definition) is 3. The van der Waals surface area contributed by atoms with Crippen LogP contribution in [0.25, 0.3) is 11.1 Å². The van der Waals surface area contributed by atoms with E-state index in [0.717, 1.165) is 16.0 Å². The van der Waals surface area contributed by atoms with Crippen LogP contribution in [-0.4, -0.2) is 29.2 Å². The number of amides is 3. The van der Waals surface area contributed by atoms with Crippen LogP contribution in [0.3, 0.4) is 0 Å². The molecule has 1 saturated heterocycles. The van der Waals surface area contributed by atoms with E-state index in [2.05, 4.69) is 5.32 Å². The molecule has 31 heavy (non-hydrogen) atoms. The Balaban J connectivity index is 1.53. The van der Waals surface area contributed by atoms with Crippen LogP contribution in [0.2, 0.25) is 5.02 Å². The summed E-state index contributed by atoms with van der Waals surface area (Å²) in [6, 6.07) is 23.2. The van der Waals surface area contributed by atoms with Gasteiger partial charge in [-0.05, 0) is 35.2 Å². The Morgan fingerprint density at radius 2 is 1.52 bits per heavy atom. The Labute approximate surface area is 185 Å². The second-order valence-electron chi connectivity index (χ2n) is 7.45. The van der Waals surface area contributed by atoms with Crippen molar-refractivity contribution in [3.63, 3.8) is 0 Å². The van der Waals surface area contributed by atoms with Gasteiger partial charge in [0.15, 0.2) is 5.78 Å². The zero-order valence-corrected chi connectivity index (χ0v) is 17.7. The summed E-state index contributed by atoms with van der Waals surface area (Å²) in [6.45, 7) is 1.51. The van der Waals surface area contributed by atoms with Gasteiger partial charge >= 0.3 is 6.03 Å². The lowest BCUT2D eigenvalue weighted by molar-refractivity contribution is -0.131. The van der Waals surface area contributed by atoms with Crippen molar-refractivity contribution < 1.29 is 14.4 Å². The van der Waals surface area contributed by atoms with E-state index in [1.54, 1.807) is 36.4 Å². The summed E-state index contributed by atoms with van der Waals surface area (Å²) in [6.07, 6.45) is 0.357. The molecule has 3 aromatic rings. The molecule has 4 rings (SSSR count). The van der Waals surface area contributed by atoms with Gasteiger partial charge in [0.2, 0.25) is 0 Å². The topological polar surface area (TPSA) is 66.5 Å². The number of hydrogen-bond donors (Lipinski definition) is 1. The van der Waals surface area contributed by atoms with Crippen molar-refractivity contribution in [2.75, 3.05) is 6.54 Å². The molecular weight excluding hydrogens is 412 g/mol. The molecule has 1 aliphatic heterocycles. The van der Waals surface area contributed by atoms with Gasteiger partial charge in [0, 0.05) is 10.6 Å². The van der Waals surface area contributed by atoms with Crippen molar-refractivity contribution in [3.8, 4) is 11.1 Å². The fourth-order valence-corrected chi connectivity index (χ4v) is 3.98. The van der Waals surface area contributed by atoms with Crippen LogP contribution in [0, 0.1) is 0 Å². The molecule has 0 saturated carbocycles. The maximum Gasteiger partial charge on any atom is 0.325 e. The van der Waals surface area contributed by atoms with Crippen molar-refractivity contribution in [2.45, 2.75) is 18.9 Å². The van der Waals surface area contributed by atoms with Crippen molar-refractivity contribution in [3.05, 3.63) is 95.0 Å². The van der Waals surface area contributed by atoms with E-state index in [1.807, 2.05) is 49.4 Å². The van der Waals surface area contributed by atoms with E-state index in [9.17, 15) is 14.4 Å². The van der Waals surface area contributed by atoms with Crippen LogP contribution in [-0.2, 0) is 10.3 Å². The number of nitrogens with one attached hydrogen (secondary N) is 1. The monoisotopic (exact) mass is 432 g/mol. The molecule has 5 nitrogen and oxygen atoms in total. The summed E-state index contributed by atoms with van der Waals surface area (Å²) in [5.74, 6) is -0.734. The van der Waals surface area contributed by atoms with Crippen molar-refractivity contribution in [1.29, 1.82) is 0 Å². The van der Waals surface area contributed by atoms with Gasteiger partial charge in [-0.1, -0.05) is 85.3 Å². The zero-order chi connectivity index (χ0) is 22.0. The lowest BCUT2D eigenvalue weighted by Crippen LogP contribution is -2.43. The van der Waals surface area contributed by atoms with Crippen LogP contribution >= 0.6 is 11.6 Å². The molecule has 1 atom stereocenters. The predicted octanol–water partition coefficient (Wildman–Crippen LogP) is 5.05. The van der Waals surface area contributed by atoms with Gasteiger partial charge in [0.1, 0.15) is 5.54 Å². The van der Waals surface area contributed by atoms with Gasteiger partial charge in [-0.3, -0.25) is 14.5 Å². The number of halogens is 1. The van der Waals surface area contributed by atoms with Gasteiger partial charge in [-0.15, -0.1) is 0 Å². The van der Waals surface area contributed by atoms with E-state index < -0.39 is 17.5 Å². The largest absolute Gasteiger partial charge is 0.325 e. The first-order valence-corrected chi connectivity index (χ1v) is 10.4. The molecule has 1 aliphatic rings. The van der Waals surface area contributed by atoms with Gasteiger partial charge in [0.05, 0.1) is 6.54 Å². The molecule has 0 aromatic heterocycles. The number of carbonyl (C=O) groups excluding carboxylic acids is 3. The van der Waals surface area contributed by atoms with Crippen LogP contribution in [0.4, 0.5) is 4.79 Å². The summed E-state index contributed by atoms with van der Waals surface area (Å²) in [4.78, 5) is 39.7. The minimum atomic E-state index is -1.20. The van der Waals surface area contributed by atoms with Crippen molar-refractivity contribution in [1.82, 2.24) is 10.2 Å². The van der Waals surface area contributed by atoms with Crippen LogP contribution < -0.4 is 5.32 Å². The minimum Gasteiger partial charge on any atom is -0.319 e. The maximum absolute atomic E-state index is 13.2. The Morgan fingerprint density at radius 3 is 2.13 bits per heavy atom. The summed E-state index contributed by atoms with van der Waals surface area (Å²) in [7, 11) is 0. The second-order valence-corrected chi connectivity index (χ2v) is 7.89. The van der Waals surface area contributed by atoms with Gasteiger partial charge < -0.3 is 5.32 Å². The fourth-order valence-electron chi connectivity index (χ4n) is 3.86. The molecule has 3 amide bonds. The first kappa shape index (κ1) is 20.8. The van der Waals surface area contributed by atoms with E-state index in [4.69, 9.17) is 11.6 Å². The van der Waals surface area contributed by atoms with E-state index in [1.165, 1.54) is 0 Å². The third-order valence-electron chi connectivity index (χ3n) is 5.66. The normalized spacial score (nSPS) is 18.2. The number of Topliss-reactive ketones (excluding diaryl/α,β-unsaturated/α-hetero) is 1. The Kier molecular flexibility index (Phi) is 5.61. The fraction of sp³-hybridized carbons (Fsp3) is 0.160. The SMILES string of the molecule is CCC1(c2ccc(Cl)cc2)NC(=O)N(CC(=O)c2ccc(-c3ccccc3)cc2)C1=O. The zero-order valence-electron chi connectivity index (χ0n) is 17.0.